The molecule has 0 spiro atoms. The summed E-state index contributed by atoms with van der Waals surface area (Å²) in [6.45, 7) is 0. The first kappa shape index (κ1) is 4.98. The van der Waals surface area contributed by atoms with E-state index in [1.807, 2.05) is 0 Å². The second kappa shape index (κ2) is 1.56. The average molecular weight is 120 g/mol. The van der Waals surface area contributed by atoms with Gasteiger partial charge in [-0.15, -0.1) is 0 Å². The van der Waals surface area contributed by atoms with Crippen molar-refractivity contribution in [3.63, 3.8) is 0 Å². The Morgan fingerprint density at radius 2 is 1.89 bits per heavy atom. The fourth-order valence-corrected chi connectivity index (χ4v) is 1.60. The number of carbonyl (C=O) groups is 1. The summed E-state index contributed by atoms with van der Waals surface area (Å²) in [4.78, 5) is 10.4. The first-order chi connectivity index (χ1) is 4.42. The van der Waals surface area contributed by atoms with E-state index >= 15 is 0 Å². The van der Waals surface area contributed by atoms with Gasteiger partial charge >= 0.3 is 0 Å². The quantitative estimate of drug-likeness (QED) is 0.479. The topological polar surface area (TPSA) is 17.1 Å². The predicted octanol–water partition coefficient (Wildman–Crippen LogP) is 1.46. The predicted molar refractivity (Wildman–Crippen MR) is 35.0 cm³/mol. The lowest BCUT2D eigenvalue weighted by Gasteiger charge is -1.95. The van der Waals surface area contributed by atoms with Crippen LogP contribution in [-0.2, 0) is 4.79 Å². The van der Waals surface area contributed by atoms with Gasteiger partial charge in [-0.25, -0.2) is 0 Å². The van der Waals surface area contributed by atoms with Crippen LogP contribution < -0.4 is 0 Å². The van der Waals surface area contributed by atoms with Crippen molar-refractivity contribution in [2.45, 2.75) is 12.8 Å². The molecule has 0 atom stereocenters. The van der Waals surface area contributed by atoms with Crippen molar-refractivity contribution in [2.75, 3.05) is 0 Å². The summed E-state index contributed by atoms with van der Waals surface area (Å²) in [5.41, 5.74) is 2.64. The minimum absolute atomic E-state index is 0.185. The molecule has 1 saturated carbocycles. The third-order valence-corrected chi connectivity index (χ3v) is 2.15. The Morgan fingerprint density at radius 3 is 2.11 bits per heavy atom. The molecule has 0 unspecified atom stereocenters. The summed E-state index contributed by atoms with van der Waals surface area (Å²) in [6, 6.07) is 0. The Balaban J connectivity index is 2.39. The van der Waals surface area contributed by atoms with Gasteiger partial charge in [-0.2, -0.15) is 0 Å². The van der Waals surface area contributed by atoms with E-state index in [-0.39, 0.29) is 5.92 Å². The summed E-state index contributed by atoms with van der Waals surface area (Å²) in [7, 11) is 0. The number of rotatable bonds is 1. The molecule has 0 saturated heterocycles. The monoisotopic (exact) mass is 120 g/mol. The van der Waals surface area contributed by atoms with Gasteiger partial charge in [0.2, 0.25) is 0 Å². The van der Waals surface area contributed by atoms with Gasteiger partial charge in [0.05, 0.1) is 5.92 Å². The number of allylic oxidation sites excluding steroid dienone is 4. The summed E-state index contributed by atoms with van der Waals surface area (Å²) >= 11 is 0. The van der Waals surface area contributed by atoms with E-state index < -0.39 is 0 Å². The summed E-state index contributed by atoms with van der Waals surface area (Å²) in [5.74, 6) is 0.185. The minimum Gasteiger partial charge on any atom is -0.302 e. The summed E-state index contributed by atoms with van der Waals surface area (Å²) in [6.07, 6.45) is 7.46. The second-order valence-electron chi connectivity index (χ2n) is 2.60. The molecule has 2 bridgehead atoms. The number of carbonyl (C=O) groups excluding carboxylic acids is 1. The van der Waals surface area contributed by atoms with Gasteiger partial charge in [0.1, 0.15) is 6.29 Å². The van der Waals surface area contributed by atoms with Gasteiger partial charge in [0.15, 0.2) is 0 Å². The van der Waals surface area contributed by atoms with Crippen molar-refractivity contribution < 1.29 is 4.79 Å². The molecule has 0 radical (unpaired) electrons. The molecular weight excluding hydrogens is 112 g/mol. The van der Waals surface area contributed by atoms with Crippen molar-refractivity contribution in [1.82, 2.24) is 0 Å². The summed E-state index contributed by atoms with van der Waals surface area (Å²) < 4.78 is 0. The molecule has 0 heterocycles. The maximum absolute atomic E-state index is 10.4. The van der Waals surface area contributed by atoms with Crippen molar-refractivity contribution in [3.8, 4) is 0 Å². The van der Waals surface area contributed by atoms with Gasteiger partial charge in [0, 0.05) is 0 Å². The highest BCUT2D eigenvalue weighted by Gasteiger charge is 2.27. The maximum Gasteiger partial charge on any atom is 0.131 e. The Morgan fingerprint density at radius 1 is 1.33 bits per heavy atom. The highest BCUT2D eigenvalue weighted by atomic mass is 16.1. The Hall–Kier alpha value is -0.850. The third kappa shape index (κ3) is 0.517. The second-order valence-corrected chi connectivity index (χ2v) is 2.60. The van der Waals surface area contributed by atoms with Crippen LogP contribution in [0.1, 0.15) is 12.8 Å². The molecule has 1 heteroatoms. The molecule has 9 heavy (non-hydrogen) atoms. The number of aldehydes is 1. The van der Waals surface area contributed by atoms with Crippen molar-refractivity contribution in [2.24, 2.45) is 5.92 Å². The van der Waals surface area contributed by atoms with Crippen LogP contribution in [0.2, 0.25) is 0 Å². The molecule has 2 rings (SSSR count). The minimum atomic E-state index is 0.185. The zero-order valence-electron chi connectivity index (χ0n) is 5.13. The van der Waals surface area contributed by atoms with Gasteiger partial charge in [-0.3, -0.25) is 0 Å². The van der Waals surface area contributed by atoms with Crippen molar-refractivity contribution >= 4 is 6.29 Å². The first-order valence-corrected chi connectivity index (χ1v) is 3.26. The van der Waals surface area contributed by atoms with Crippen LogP contribution in [0.25, 0.3) is 0 Å². The lowest BCUT2D eigenvalue weighted by molar-refractivity contribution is -0.109. The first-order valence-electron chi connectivity index (χ1n) is 3.26. The van der Waals surface area contributed by atoms with Crippen LogP contribution in [0, 0.1) is 5.92 Å². The van der Waals surface area contributed by atoms with Crippen molar-refractivity contribution in [3.05, 3.63) is 23.3 Å². The highest BCUT2D eigenvalue weighted by Crippen LogP contribution is 2.39. The van der Waals surface area contributed by atoms with E-state index in [2.05, 4.69) is 12.2 Å². The normalized spacial score (nSPS) is 24.0. The number of fused-ring (bicyclic) bond motifs is 2. The van der Waals surface area contributed by atoms with Crippen LogP contribution in [0.5, 0.6) is 0 Å². The van der Waals surface area contributed by atoms with E-state index in [4.69, 9.17) is 0 Å². The highest BCUT2D eigenvalue weighted by molar-refractivity contribution is 5.69. The third-order valence-electron chi connectivity index (χ3n) is 2.15. The molecule has 46 valence electrons. The van der Waals surface area contributed by atoms with E-state index in [0.29, 0.717) is 0 Å². The fourth-order valence-electron chi connectivity index (χ4n) is 1.60. The smallest absolute Gasteiger partial charge is 0.131 e. The van der Waals surface area contributed by atoms with Crippen LogP contribution in [-0.4, -0.2) is 6.29 Å². The van der Waals surface area contributed by atoms with Crippen LogP contribution >= 0.6 is 0 Å². The lowest BCUT2D eigenvalue weighted by Crippen LogP contribution is -1.95. The zero-order chi connectivity index (χ0) is 6.27. The van der Waals surface area contributed by atoms with Crippen LogP contribution in [0.4, 0.5) is 0 Å². The molecule has 0 aromatic carbocycles. The number of hydrogen-bond donors (Lipinski definition) is 0. The molecular formula is C8H8O. The largest absolute Gasteiger partial charge is 0.302 e. The lowest BCUT2D eigenvalue weighted by atomic mass is 10.1. The molecule has 0 N–H and O–H groups in total. The molecule has 1 nitrogen and oxygen atoms in total. The standard InChI is InChI=1S/C8H8O/c9-5-8-6-1-2-7(8)4-3-6/h1-2,5,8H,3-4H2. The van der Waals surface area contributed by atoms with E-state index in [9.17, 15) is 4.79 Å². The van der Waals surface area contributed by atoms with Crippen molar-refractivity contribution in [1.29, 1.82) is 0 Å². The summed E-state index contributed by atoms with van der Waals surface area (Å²) in [5, 5.41) is 0. The van der Waals surface area contributed by atoms with E-state index in [1.54, 1.807) is 0 Å². The Labute approximate surface area is 54.1 Å². The Kier molecular flexibility index (Phi) is 0.865. The fraction of sp³-hybridized carbons (Fsp3) is 0.375. The Bertz CT molecular complexity index is 191. The van der Waals surface area contributed by atoms with E-state index in [1.165, 1.54) is 11.1 Å². The molecule has 0 aromatic heterocycles. The number of hydrogen-bond acceptors (Lipinski definition) is 1. The molecule has 0 aliphatic heterocycles. The van der Waals surface area contributed by atoms with Gasteiger partial charge in [0.25, 0.3) is 0 Å². The SMILES string of the molecule is O=CC1C2=CC=C1CC2. The zero-order valence-corrected chi connectivity index (χ0v) is 5.13. The van der Waals surface area contributed by atoms with Gasteiger partial charge < -0.3 is 4.79 Å². The van der Waals surface area contributed by atoms with Gasteiger partial charge in [-0.05, 0) is 12.8 Å². The van der Waals surface area contributed by atoms with Gasteiger partial charge in [-0.1, -0.05) is 23.3 Å². The molecule has 1 fully saturated rings. The average Bonchev–Trinajstić information content (AvgIpc) is 2.44. The molecule has 2 aliphatic carbocycles. The molecule has 0 amide bonds. The molecule has 2 aliphatic rings. The maximum atomic E-state index is 10.4. The van der Waals surface area contributed by atoms with E-state index in [0.717, 1.165) is 19.1 Å². The van der Waals surface area contributed by atoms with Crippen LogP contribution in [0.3, 0.4) is 0 Å². The van der Waals surface area contributed by atoms with Crippen LogP contribution in [0.15, 0.2) is 23.3 Å². The molecule has 0 aromatic rings.